The lowest BCUT2D eigenvalue weighted by molar-refractivity contribution is -0.114. The van der Waals surface area contributed by atoms with Crippen molar-refractivity contribution >= 4 is 39.6 Å². The average Bonchev–Trinajstić information content (AvgIpc) is 3.66. The Morgan fingerprint density at radius 1 is 1.00 bits per heavy atom. The van der Waals surface area contributed by atoms with Crippen molar-refractivity contribution in [2.45, 2.75) is 25.8 Å². The standard InChI is InChI=1S/C30H30FN9O4/c1-17-8-22(26(43-4)12-24(17)44-28-13-27-33-15-36-40(27)16-35-28)37-29-19-10-23(25(42-3)11-21(19)32-14-34-29)38-30(41)20(31)9-18-6-5-7-39(18)2/h8-16,18H,5-7H2,1-4H3,(H,38,41)(H,32,34,37)/b20-9+. The van der Waals surface area contributed by atoms with Crippen molar-refractivity contribution in [3.8, 4) is 23.1 Å². The molecule has 44 heavy (non-hydrogen) atoms. The third-order valence-electron chi connectivity index (χ3n) is 7.45. The fourth-order valence-electron chi connectivity index (χ4n) is 5.08. The molecule has 1 aliphatic heterocycles. The normalized spacial score (nSPS) is 15.5. The Labute approximate surface area is 251 Å². The first-order valence-electron chi connectivity index (χ1n) is 13.8. The highest BCUT2D eigenvalue weighted by Crippen LogP contribution is 2.38. The fourth-order valence-corrected chi connectivity index (χ4v) is 5.08. The number of nitrogens with one attached hydrogen (secondary N) is 2. The highest BCUT2D eigenvalue weighted by molar-refractivity contribution is 6.05. The minimum absolute atomic E-state index is 0.118. The van der Waals surface area contributed by atoms with Crippen LogP contribution in [0.3, 0.4) is 0 Å². The van der Waals surface area contributed by atoms with Gasteiger partial charge in [0.15, 0.2) is 11.5 Å². The van der Waals surface area contributed by atoms with E-state index >= 15 is 0 Å². The number of carbonyl (C=O) groups excluding carboxylic acids is 1. The summed E-state index contributed by atoms with van der Waals surface area (Å²) < 4.78 is 33.6. The third kappa shape index (κ3) is 5.79. The molecule has 1 atom stereocenters. The van der Waals surface area contributed by atoms with E-state index in [-0.39, 0.29) is 11.7 Å². The molecule has 2 N–H and O–H groups in total. The van der Waals surface area contributed by atoms with Crippen molar-refractivity contribution in [1.82, 2.24) is 34.4 Å². The molecule has 3 aromatic heterocycles. The monoisotopic (exact) mass is 599 g/mol. The summed E-state index contributed by atoms with van der Waals surface area (Å²) >= 11 is 0. The van der Waals surface area contributed by atoms with Gasteiger partial charge < -0.3 is 24.8 Å². The summed E-state index contributed by atoms with van der Waals surface area (Å²) in [6.45, 7) is 2.75. The molecule has 0 spiro atoms. The van der Waals surface area contributed by atoms with Gasteiger partial charge in [0.1, 0.15) is 42.0 Å². The van der Waals surface area contributed by atoms with Crippen LogP contribution in [-0.4, -0.2) is 74.2 Å². The Bertz CT molecular complexity index is 1890. The molecule has 0 aliphatic carbocycles. The summed E-state index contributed by atoms with van der Waals surface area (Å²) in [5.74, 6) is 0.406. The highest BCUT2D eigenvalue weighted by atomic mass is 19.1. The van der Waals surface area contributed by atoms with Crippen LogP contribution in [0.25, 0.3) is 16.6 Å². The second-order valence-electron chi connectivity index (χ2n) is 10.3. The van der Waals surface area contributed by atoms with Crippen molar-refractivity contribution in [3.05, 3.63) is 66.8 Å². The van der Waals surface area contributed by atoms with Crippen molar-refractivity contribution in [2.75, 3.05) is 38.4 Å². The molecular formula is C30H30FN9O4. The predicted molar refractivity (Wildman–Crippen MR) is 161 cm³/mol. The summed E-state index contributed by atoms with van der Waals surface area (Å²) in [7, 11) is 4.92. The van der Waals surface area contributed by atoms with Gasteiger partial charge in [0.25, 0.3) is 5.91 Å². The van der Waals surface area contributed by atoms with Crippen LogP contribution in [0.5, 0.6) is 23.1 Å². The summed E-state index contributed by atoms with van der Waals surface area (Å²) in [6.07, 6.45) is 7.48. The Kier molecular flexibility index (Phi) is 7.89. The van der Waals surface area contributed by atoms with Gasteiger partial charge in [0.2, 0.25) is 5.88 Å². The number of nitrogens with zero attached hydrogens (tertiary/aromatic N) is 7. The second kappa shape index (κ2) is 12.1. The summed E-state index contributed by atoms with van der Waals surface area (Å²) in [6, 6.07) is 8.45. The number of ether oxygens (including phenoxy) is 3. The number of hydrogen-bond donors (Lipinski definition) is 2. The van der Waals surface area contributed by atoms with Gasteiger partial charge in [0, 0.05) is 29.6 Å². The van der Waals surface area contributed by atoms with Crippen LogP contribution in [0, 0.1) is 6.92 Å². The van der Waals surface area contributed by atoms with Crippen molar-refractivity contribution in [1.29, 1.82) is 0 Å². The van der Waals surface area contributed by atoms with Gasteiger partial charge in [-0.3, -0.25) is 9.69 Å². The molecule has 1 amide bonds. The molecular weight excluding hydrogens is 569 g/mol. The molecule has 0 saturated carbocycles. The number of methoxy groups -OCH3 is 2. The molecule has 0 radical (unpaired) electrons. The lowest BCUT2D eigenvalue weighted by atomic mass is 10.1. The minimum atomic E-state index is -0.861. The van der Waals surface area contributed by atoms with Crippen LogP contribution < -0.4 is 24.8 Å². The van der Waals surface area contributed by atoms with Gasteiger partial charge >= 0.3 is 0 Å². The van der Waals surface area contributed by atoms with Crippen LogP contribution in [0.1, 0.15) is 18.4 Å². The molecule has 14 heteroatoms. The van der Waals surface area contributed by atoms with E-state index in [1.807, 2.05) is 24.9 Å². The van der Waals surface area contributed by atoms with Gasteiger partial charge in [-0.2, -0.15) is 5.10 Å². The Morgan fingerprint density at radius 3 is 2.59 bits per heavy atom. The zero-order valence-electron chi connectivity index (χ0n) is 24.5. The van der Waals surface area contributed by atoms with Crippen LogP contribution in [0.4, 0.5) is 21.6 Å². The van der Waals surface area contributed by atoms with Gasteiger partial charge in [-0.15, -0.1) is 0 Å². The van der Waals surface area contributed by atoms with E-state index in [0.717, 1.165) is 24.9 Å². The molecule has 13 nitrogen and oxygen atoms in total. The number of aryl methyl sites for hydroxylation is 1. The van der Waals surface area contributed by atoms with E-state index in [4.69, 9.17) is 14.2 Å². The van der Waals surface area contributed by atoms with Crippen LogP contribution in [0.15, 0.2) is 61.2 Å². The topological polar surface area (TPSA) is 141 Å². The zero-order valence-corrected chi connectivity index (χ0v) is 24.5. The van der Waals surface area contributed by atoms with Gasteiger partial charge in [-0.05, 0) is 57.1 Å². The minimum Gasteiger partial charge on any atom is -0.494 e. The second-order valence-corrected chi connectivity index (χ2v) is 10.3. The Morgan fingerprint density at radius 2 is 1.82 bits per heavy atom. The molecule has 0 bridgehead atoms. The van der Waals surface area contributed by atoms with E-state index < -0.39 is 11.7 Å². The number of likely N-dealkylation sites (tertiary alicyclic amines) is 1. The highest BCUT2D eigenvalue weighted by Gasteiger charge is 2.22. The van der Waals surface area contributed by atoms with E-state index in [0.29, 0.717) is 51.2 Å². The number of hydrogen-bond acceptors (Lipinski definition) is 11. The molecule has 6 rings (SSSR count). The number of rotatable bonds is 9. The average molecular weight is 600 g/mol. The lowest BCUT2D eigenvalue weighted by Gasteiger charge is -2.17. The number of halogens is 1. The van der Waals surface area contributed by atoms with E-state index in [9.17, 15) is 9.18 Å². The van der Waals surface area contributed by atoms with Gasteiger partial charge in [0.05, 0.1) is 31.1 Å². The zero-order chi connectivity index (χ0) is 30.8. The summed E-state index contributed by atoms with van der Waals surface area (Å²) in [4.78, 5) is 32.0. The SMILES string of the molecule is COc1cc2ncnc(Nc3cc(C)c(Oc4cc5ncnn5cn4)cc3OC)c2cc1NC(=O)/C(F)=C\C1CCCN1C. The maximum Gasteiger partial charge on any atom is 0.284 e. The maximum absolute atomic E-state index is 14.9. The van der Waals surface area contributed by atoms with Crippen molar-refractivity contribution < 1.29 is 23.4 Å². The van der Waals surface area contributed by atoms with Crippen LogP contribution in [-0.2, 0) is 4.79 Å². The van der Waals surface area contributed by atoms with Gasteiger partial charge in [-0.25, -0.2) is 28.8 Å². The summed E-state index contributed by atoms with van der Waals surface area (Å²) in [5, 5.41) is 10.5. The smallest absolute Gasteiger partial charge is 0.284 e. The first-order chi connectivity index (χ1) is 21.3. The van der Waals surface area contributed by atoms with E-state index in [1.54, 1.807) is 31.4 Å². The number of aromatic nitrogens is 6. The molecule has 226 valence electrons. The van der Waals surface area contributed by atoms with Crippen molar-refractivity contribution in [3.63, 3.8) is 0 Å². The number of carbonyl (C=O) groups is 1. The quantitative estimate of drug-likeness (QED) is 0.225. The summed E-state index contributed by atoms with van der Waals surface area (Å²) in [5.41, 5.74) is 2.82. The molecule has 4 heterocycles. The van der Waals surface area contributed by atoms with Crippen molar-refractivity contribution in [2.24, 2.45) is 0 Å². The largest absolute Gasteiger partial charge is 0.494 e. The van der Waals surface area contributed by atoms with Crippen LogP contribution in [0.2, 0.25) is 0 Å². The number of benzene rings is 2. The molecule has 5 aromatic rings. The number of fused-ring (bicyclic) bond motifs is 2. The predicted octanol–water partition coefficient (Wildman–Crippen LogP) is 4.82. The molecule has 1 unspecified atom stereocenters. The molecule has 1 aliphatic rings. The Hall–Kier alpha value is -5.37. The maximum atomic E-state index is 14.9. The Balaban J connectivity index is 1.28. The van der Waals surface area contributed by atoms with E-state index in [2.05, 4.69) is 35.7 Å². The number of amides is 1. The van der Waals surface area contributed by atoms with Crippen LogP contribution >= 0.6 is 0 Å². The number of anilines is 3. The van der Waals surface area contributed by atoms with Gasteiger partial charge in [-0.1, -0.05) is 0 Å². The first kappa shape index (κ1) is 28.7. The third-order valence-corrected chi connectivity index (χ3v) is 7.45. The molecule has 1 saturated heterocycles. The number of likely N-dealkylation sites (N-methyl/N-ethyl adjacent to an activating group) is 1. The van der Waals surface area contributed by atoms with E-state index in [1.165, 1.54) is 36.7 Å². The fraction of sp³-hybridized carbons (Fsp3) is 0.267. The molecule has 1 fully saturated rings. The first-order valence-corrected chi connectivity index (χ1v) is 13.8. The molecule has 2 aromatic carbocycles. The lowest BCUT2D eigenvalue weighted by Crippen LogP contribution is -2.24.